The van der Waals surface area contributed by atoms with Crippen molar-refractivity contribution in [2.24, 2.45) is 17.8 Å². The molecule has 0 unspecified atom stereocenters. The molecule has 2 fully saturated rings. The van der Waals surface area contributed by atoms with E-state index in [2.05, 4.69) is 27.6 Å². The van der Waals surface area contributed by atoms with Crippen LogP contribution in [0.3, 0.4) is 0 Å². The van der Waals surface area contributed by atoms with Gasteiger partial charge in [-0.15, -0.1) is 0 Å². The van der Waals surface area contributed by atoms with E-state index in [1.807, 2.05) is 0 Å². The van der Waals surface area contributed by atoms with E-state index in [0.29, 0.717) is 0 Å². The maximum Gasteiger partial charge on any atom is 0.245 e. The molecule has 6 rings (SSSR count). The summed E-state index contributed by atoms with van der Waals surface area (Å²) in [5.41, 5.74) is 6.42. The first-order chi connectivity index (χ1) is 9.90. The molecule has 0 saturated heterocycles. The van der Waals surface area contributed by atoms with Gasteiger partial charge >= 0.3 is 0 Å². The number of benzene rings is 1. The molecule has 102 valence electrons. The molecule has 2 heteroatoms. The molecule has 2 aliphatic heterocycles. The van der Waals surface area contributed by atoms with Crippen molar-refractivity contribution < 1.29 is 4.57 Å². The van der Waals surface area contributed by atoms with E-state index in [4.69, 9.17) is 0 Å². The summed E-state index contributed by atoms with van der Waals surface area (Å²) in [6.45, 7) is 1.23. The Bertz CT molecular complexity index is 741. The molecule has 2 nitrogen and oxygen atoms in total. The molecule has 1 aromatic carbocycles. The lowest BCUT2D eigenvalue weighted by atomic mass is 9.78. The summed E-state index contributed by atoms with van der Waals surface area (Å²) in [4.78, 5) is 0. The predicted molar refractivity (Wildman–Crippen MR) is 77.5 cm³/mol. The third kappa shape index (κ3) is 1.05. The highest BCUT2D eigenvalue weighted by Gasteiger charge is 2.53. The Morgan fingerprint density at radius 1 is 1.10 bits per heavy atom. The molecule has 2 aliphatic carbocycles. The fraction of sp³-hybridized carbons (Fsp3) is 0.611. The summed E-state index contributed by atoms with van der Waals surface area (Å²) in [6, 6.07) is 5.70. The van der Waals surface area contributed by atoms with Crippen molar-refractivity contribution in [3.05, 3.63) is 29.6 Å². The van der Waals surface area contributed by atoms with Gasteiger partial charge in [0.2, 0.25) is 6.33 Å². The van der Waals surface area contributed by atoms with Crippen LogP contribution in [0.4, 0.5) is 0 Å². The number of hydrogen-bond donors (Lipinski definition) is 0. The van der Waals surface area contributed by atoms with Crippen molar-refractivity contribution in [1.82, 2.24) is 4.57 Å². The average Bonchev–Trinajstić information content (AvgIpc) is 3.17. The van der Waals surface area contributed by atoms with Crippen molar-refractivity contribution in [1.29, 1.82) is 0 Å². The van der Waals surface area contributed by atoms with Crippen molar-refractivity contribution in [3.8, 4) is 0 Å². The van der Waals surface area contributed by atoms with Crippen LogP contribution in [0.5, 0.6) is 0 Å². The zero-order valence-electron chi connectivity index (χ0n) is 11.9. The standard InChI is InChI=1S/C18H21N2/c1-2-11-3-5-14-9-15-12-4-6-13(8-12)16(15)20-10-19(7-1)17(11)18(14)20/h3,5,10,12-13,15-16H,1-2,4,6-9H2/q+1/t12-,13+,15-,16+/m1/s1. The van der Waals surface area contributed by atoms with Gasteiger partial charge in [0, 0.05) is 23.0 Å². The van der Waals surface area contributed by atoms with Gasteiger partial charge in [0.1, 0.15) is 6.04 Å². The van der Waals surface area contributed by atoms with Gasteiger partial charge in [-0.1, -0.05) is 12.1 Å². The lowest BCUT2D eigenvalue weighted by Gasteiger charge is -2.32. The second-order valence-electron chi connectivity index (χ2n) is 7.59. The van der Waals surface area contributed by atoms with Crippen LogP contribution in [0.1, 0.15) is 42.9 Å². The number of rotatable bonds is 0. The number of imidazole rings is 1. The number of aromatic nitrogens is 2. The quantitative estimate of drug-likeness (QED) is 0.648. The molecule has 1 aromatic heterocycles. The van der Waals surface area contributed by atoms with E-state index >= 15 is 0 Å². The second kappa shape index (κ2) is 3.29. The summed E-state index contributed by atoms with van der Waals surface area (Å²) in [5, 5.41) is 0. The minimum Gasteiger partial charge on any atom is -0.230 e. The lowest BCUT2D eigenvalue weighted by molar-refractivity contribution is -0.675. The van der Waals surface area contributed by atoms with E-state index in [1.54, 1.807) is 22.2 Å². The molecule has 20 heavy (non-hydrogen) atoms. The molecule has 4 atom stereocenters. The second-order valence-corrected chi connectivity index (χ2v) is 7.59. The first-order valence-corrected chi connectivity index (χ1v) is 8.45. The van der Waals surface area contributed by atoms with Gasteiger partial charge in [-0.2, -0.15) is 0 Å². The molecular formula is C18H21N2+. The monoisotopic (exact) mass is 265 g/mol. The highest BCUT2D eigenvalue weighted by Crippen LogP contribution is 2.58. The Hall–Kier alpha value is -1.31. The Morgan fingerprint density at radius 3 is 3.00 bits per heavy atom. The van der Waals surface area contributed by atoms with Crippen LogP contribution >= 0.6 is 0 Å². The van der Waals surface area contributed by atoms with Gasteiger partial charge in [0.05, 0.1) is 6.54 Å². The van der Waals surface area contributed by atoms with Crippen LogP contribution in [-0.2, 0) is 19.4 Å². The van der Waals surface area contributed by atoms with E-state index in [1.165, 1.54) is 45.1 Å². The van der Waals surface area contributed by atoms with Gasteiger partial charge in [-0.3, -0.25) is 0 Å². The highest BCUT2D eigenvalue weighted by atomic mass is 15.2. The smallest absolute Gasteiger partial charge is 0.230 e. The molecule has 0 radical (unpaired) electrons. The zero-order chi connectivity index (χ0) is 12.8. The molecule has 0 spiro atoms. The summed E-state index contributed by atoms with van der Waals surface area (Å²) >= 11 is 0. The number of fused-ring (bicyclic) bond motifs is 6. The number of nitrogens with zero attached hydrogens (tertiary/aromatic N) is 2. The number of aryl methyl sites for hydroxylation is 2. The fourth-order valence-electron chi connectivity index (χ4n) is 6.09. The molecule has 2 aromatic rings. The summed E-state index contributed by atoms with van der Waals surface area (Å²) in [5.74, 6) is 2.94. The molecule has 2 saturated carbocycles. The molecular weight excluding hydrogens is 244 g/mol. The van der Waals surface area contributed by atoms with E-state index < -0.39 is 0 Å². The van der Waals surface area contributed by atoms with E-state index in [-0.39, 0.29) is 0 Å². The maximum atomic E-state index is 2.72. The summed E-state index contributed by atoms with van der Waals surface area (Å²) < 4.78 is 5.28. The summed E-state index contributed by atoms with van der Waals surface area (Å²) in [6.07, 6.45) is 10.9. The third-order valence-electron chi connectivity index (χ3n) is 6.79. The van der Waals surface area contributed by atoms with Crippen LogP contribution in [0, 0.1) is 17.8 Å². The van der Waals surface area contributed by atoms with Crippen LogP contribution in [0.15, 0.2) is 18.5 Å². The fourth-order valence-corrected chi connectivity index (χ4v) is 6.09. The lowest BCUT2D eigenvalue weighted by Crippen LogP contribution is -2.36. The van der Waals surface area contributed by atoms with E-state index in [9.17, 15) is 0 Å². The maximum absolute atomic E-state index is 2.72. The van der Waals surface area contributed by atoms with Crippen molar-refractivity contribution in [3.63, 3.8) is 0 Å². The van der Waals surface area contributed by atoms with Crippen LogP contribution in [0.2, 0.25) is 0 Å². The van der Waals surface area contributed by atoms with Crippen LogP contribution in [-0.4, -0.2) is 4.57 Å². The summed E-state index contributed by atoms with van der Waals surface area (Å²) in [7, 11) is 0. The average molecular weight is 265 g/mol. The predicted octanol–water partition coefficient (Wildman–Crippen LogP) is 3.02. The molecule has 2 bridgehead atoms. The Balaban J connectivity index is 1.69. The third-order valence-corrected chi connectivity index (χ3v) is 6.79. The Kier molecular flexibility index (Phi) is 1.72. The molecule has 0 N–H and O–H groups in total. The van der Waals surface area contributed by atoms with Gasteiger partial charge < -0.3 is 0 Å². The van der Waals surface area contributed by atoms with Crippen LogP contribution in [0.25, 0.3) is 11.0 Å². The molecule has 4 aliphatic rings. The van der Waals surface area contributed by atoms with Gasteiger partial charge in [0.15, 0.2) is 11.0 Å². The Labute approximate surface area is 119 Å². The Morgan fingerprint density at radius 2 is 2.00 bits per heavy atom. The van der Waals surface area contributed by atoms with Crippen molar-refractivity contribution in [2.75, 3.05) is 0 Å². The highest BCUT2D eigenvalue weighted by molar-refractivity contribution is 5.81. The topological polar surface area (TPSA) is 8.81 Å². The van der Waals surface area contributed by atoms with Crippen molar-refractivity contribution >= 4 is 11.0 Å². The SMILES string of the molecule is c1cc2c3c4c1C[C@@H]1[C@@H]5CC[C@@H](C5)[C@@H]1n4c[n+]3CCC2. The molecule has 0 amide bonds. The largest absolute Gasteiger partial charge is 0.245 e. The van der Waals surface area contributed by atoms with Gasteiger partial charge in [-0.25, -0.2) is 9.13 Å². The minimum absolute atomic E-state index is 0.832. The van der Waals surface area contributed by atoms with Crippen LogP contribution < -0.4 is 4.57 Å². The van der Waals surface area contributed by atoms with E-state index in [0.717, 1.165) is 23.8 Å². The molecule has 3 heterocycles. The number of hydrogen-bond acceptors (Lipinski definition) is 0. The zero-order valence-corrected chi connectivity index (χ0v) is 11.9. The minimum atomic E-state index is 0.832. The van der Waals surface area contributed by atoms with Gasteiger partial charge in [-0.05, 0) is 44.4 Å². The first-order valence-electron chi connectivity index (χ1n) is 8.45. The van der Waals surface area contributed by atoms with Gasteiger partial charge in [0.25, 0.3) is 0 Å². The first kappa shape index (κ1) is 10.4. The normalized spacial score (nSPS) is 36.6. The van der Waals surface area contributed by atoms with Crippen molar-refractivity contribution in [2.45, 2.75) is 51.1 Å².